The average Bonchev–Trinajstić information content (AvgIpc) is 2.57. The highest BCUT2D eigenvalue weighted by Crippen LogP contribution is 2.19. The predicted octanol–water partition coefficient (Wildman–Crippen LogP) is 1.38. The van der Waals surface area contributed by atoms with Crippen molar-refractivity contribution in [2.45, 2.75) is 13.3 Å². The van der Waals surface area contributed by atoms with Gasteiger partial charge in [0.25, 0.3) is 0 Å². The third-order valence-electron chi connectivity index (χ3n) is 2.09. The van der Waals surface area contributed by atoms with Crippen LogP contribution in [0.5, 0.6) is 0 Å². The molecule has 72 valence electrons. The molecule has 1 rings (SSSR count). The summed E-state index contributed by atoms with van der Waals surface area (Å²) >= 11 is 1.94. The molecule has 0 radical (unpaired) electrons. The smallest absolute Gasteiger partial charge is 0.0503 e. The van der Waals surface area contributed by atoms with E-state index in [-0.39, 0.29) is 0 Å². The molecule has 1 saturated heterocycles. The van der Waals surface area contributed by atoms with E-state index in [1.807, 2.05) is 11.8 Å². The zero-order valence-electron chi connectivity index (χ0n) is 7.66. The highest BCUT2D eigenvalue weighted by atomic mass is 32.2. The van der Waals surface area contributed by atoms with Gasteiger partial charge in [-0.05, 0) is 29.8 Å². The van der Waals surface area contributed by atoms with Gasteiger partial charge in [-0.3, -0.25) is 0 Å². The molecule has 2 nitrogen and oxygen atoms in total. The van der Waals surface area contributed by atoms with E-state index in [4.69, 9.17) is 9.84 Å². The van der Waals surface area contributed by atoms with Crippen molar-refractivity contribution in [3.63, 3.8) is 0 Å². The van der Waals surface area contributed by atoms with Gasteiger partial charge < -0.3 is 9.84 Å². The molecule has 1 heterocycles. The molecule has 1 fully saturated rings. The molecule has 0 saturated carbocycles. The average molecular weight is 190 g/mol. The predicted molar refractivity (Wildman–Crippen MR) is 52.5 cm³/mol. The molecule has 0 amide bonds. The van der Waals surface area contributed by atoms with Gasteiger partial charge in [-0.2, -0.15) is 11.8 Å². The van der Waals surface area contributed by atoms with Crippen molar-refractivity contribution < 1.29 is 9.84 Å². The maximum Gasteiger partial charge on any atom is 0.0503 e. The largest absolute Gasteiger partial charge is 0.396 e. The maximum absolute atomic E-state index is 8.79. The first kappa shape index (κ1) is 10.4. The Morgan fingerprint density at radius 3 is 3.08 bits per heavy atom. The summed E-state index contributed by atoms with van der Waals surface area (Å²) in [6.07, 6.45) is 1.22. The van der Waals surface area contributed by atoms with Crippen LogP contribution in [0, 0.1) is 11.8 Å². The Labute approximate surface area is 78.7 Å². The highest BCUT2D eigenvalue weighted by Gasteiger charge is 2.15. The maximum atomic E-state index is 8.79. The van der Waals surface area contributed by atoms with E-state index >= 15 is 0 Å². The monoisotopic (exact) mass is 190 g/mol. The van der Waals surface area contributed by atoms with Gasteiger partial charge in [-0.1, -0.05) is 6.92 Å². The summed E-state index contributed by atoms with van der Waals surface area (Å²) in [7, 11) is 0. The summed E-state index contributed by atoms with van der Waals surface area (Å²) in [6, 6.07) is 0. The molecule has 0 spiro atoms. The topological polar surface area (TPSA) is 29.5 Å². The Kier molecular flexibility index (Phi) is 5.04. The molecule has 0 aromatic carbocycles. The van der Waals surface area contributed by atoms with Crippen LogP contribution in [-0.4, -0.2) is 36.4 Å². The van der Waals surface area contributed by atoms with E-state index in [1.165, 1.54) is 12.2 Å². The lowest BCUT2D eigenvalue weighted by Crippen LogP contribution is -2.08. The molecule has 1 aliphatic rings. The van der Waals surface area contributed by atoms with Crippen LogP contribution < -0.4 is 0 Å². The van der Waals surface area contributed by atoms with Gasteiger partial charge in [-0.15, -0.1) is 0 Å². The lowest BCUT2D eigenvalue weighted by atomic mass is 10.2. The summed E-state index contributed by atoms with van der Waals surface area (Å²) in [5, 5.41) is 8.79. The first-order valence-electron chi connectivity index (χ1n) is 4.59. The van der Waals surface area contributed by atoms with Crippen LogP contribution in [0.3, 0.4) is 0 Å². The Bertz CT molecular complexity index is 113. The first-order chi connectivity index (χ1) is 5.83. The van der Waals surface area contributed by atoms with Crippen molar-refractivity contribution in [3.8, 4) is 0 Å². The number of hydrogen-bond acceptors (Lipinski definition) is 3. The quantitative estimate of drug-likeness (QED) is 0.710. The van der Waals surface area contributed by atoms with Crippen LogP contribution >= 0.6 is 11.8 Å². The van der Waals surface area contributed by atoms with E-state index in [0.717, 1.165) is 24.9 Å². The van der Waals surface area contributed by atoms with Crippen LogP contribution in [0.15, 0.2) is 0 Å². The second kappa shape index (κ2) is 5.84. The minimum absolute atomic E-state index is 0.314. The van der Waals surface area contributed by atoms with Crippen LogP contribution in [0.2, 0.25) is 0 Å². The van der Waals surface area contributed by atoms with Crippen molar-refractivity contribution in [1.82, 2.24) is 0 Å². The Hall–Kier alpha value is 0.270. The van der Waals surface area contributed by atoms with Crippen molar-refractivity contribution in [3.05, 3.63) is 0 Å². The number of rotatable bonds is 5. The Balaban J connectivity index is 1.94. The molecule has 0 bridgehead atoms. The number of ether oxygens (including phenoxy) is 1. The van der Waals surface area contributed by atoms with Crippen LogP contribution in [0.1, 0.15) is 13.3 Å². The second-order valence-corrected chi connectivity index (χ2v) is 4.63. The molecular weight excluding hydrogens is 172 g/mol. The third-order valence-corrected chi connectivity index (χ3v) is 3.60. The molecule has 0 aromatic rings. The molecule has 1 aliphatic heterocycles. The Morgan fingerprint density at radius 1 is 1.67 bits per heavy atom. The Morgan fingerprint density at radius 2 is 2.50 bits per heavy atom. The summed E-state index contributed by atoms with van der Waals surface area (Å²) in [5.41, 5.74) is 0. The molecule has 3 heteroatoms. The standard InChI is InChI=1S/C9H18O2S/c1-8(4-10)6-12-7-9-2-3-11-5-9/h8-10H,2-7H2,1H3. The lowest BCUT2D eigenvalue weighted by Gasteiger charge is -2.09. The van der Waals surface area contributed by atoms with Crippen molar-refractivity contribution in [2.75, 3.05) is 31.3 Å². The van der Waals surface area contributed by atoms with Crippen molar-refractivity contribution >= 4 is 11.8 Å². The molecule has 0 aliphatic carbocycles. The van der Waals surface area contributed by atoms with E-state index in [2.05, 4.69) is 6.92 Å². The molecule has 2 unspecified atom stereocenters. The van der Waals surface area contributed by atoms with Crippen molar-refractivity contribution in [1.29, 1.82) is 0 Å². The summed E-state index contributed by atoms with van der Waals surface area (Å²) < 4.78 is 5.28. The van der Waals surface area contributed by atoms with Crippen LogP contribution in [-0.2, 0) is 4.74 Å². The third kappa shape index (κ3) is 3.78. The van der Waals surface area contributed by atoms with Gasteiger partial charge in [0.05, 0.1) is 6.61 Å². The van der Waals surface area contributed by atoms with Crippen LogP contribution in [0.25, 0.3) is 0 Å². The van der Waals surface area contributed by atoms with Gasteiger partial charge in [0.15, 0.2) is 0 Å². The first-order valence-corrected chi connectivity index (χ1v) is 5.74. The molecule has 1 N–H and O–H groups in total. The summed E-state index contributed by atoms with van der Waals surface area (Å²) in [4.78, 5) is 0. The summed E-state index contributed by atoms with van der Waals surface area (Å²) in [5.74, 6) is 3.48. The van der Waals surface area contributed by atoms with Gasteiger partial charge in [-0.25, -0.2) is 0 Å². The normalized spacial score (nSPS) is 26.0. The van der Waals surface area contributed by atoms with E-state index in [9.17, 15) is 0 Å². The lowest BCUT2D eigenvalue weighted by molar-refractivity contribution is 0.189. The zero-order valence-corrected chi connectivity index (χ0v) is 8.48. The van der Waals surface area contributed by atoms with Crippen LogP contribution in [0.4, 0.5) is 0 Å². The molecule has 12 heavy (non-hydrogen) atoms. The number of thioether (sulfide) groups is 1. The fraction of sp³-hybridized carbons (Fsp3) is 1.00. The van der Waals surface area contributed by atoms with Crippen molar-refractivity contribution in [2.24, 2.45) is 11.8 Å². The van der Waals surface area contributed by atoms with Gasteiger partial charge in [0.2, 0.25) is 0 Å². The van der Waals surface area contributed by atoms with Gasteiger partial charge in [0, 0.05) is 13.2 Å². The van der Waals surface area contributed by atoms with E-state index in [1.54, 1.807) is 0 Å². The minimum Gasteiger partial charge on any atom is -0.396 e. The number of hydrogen-bond donors (Lipinski definition) is 1. The SMILES string of the molecule is CC(CO)CSCC1CCOC1. The highest BCUT2D eigenvalue weighted by molar-refractivity contribution is 7.99. The molecular formula is C9H18O2S. The fourth-order valence-corrected chi connectivity index (χ4v) is 2.44. The van der Waals surface area contributed by atoms with Gasteiger partial charge in [0.1, 0.15) is 0 Å². The number of aliphatic hydroxyl groups excluding tert-OH is 1. The molecule has 2 atom stereocenters. The molecule has 0 aromatic heterocycles. The fourth-order valence-electron chi connectivity index (χ4n) is 1.20. The van der Waals surface area contributed by atoms with E-state index in [0.29, 0.717) is 12.5 Å². The number of aliphatic hydroxyl groups is 1. The van der Waals surface area contributed by atoms with E-state index < -0.39 is 0 Å². The van der Waals surface area contributed by atoms with Gasteiger partial charge >= 0.3 is 0 Å². The minimum atomic E-state index is 0.314. The zero-order chi connectivity index (χ0) is 8.81. The second-order valence-electron chi connectivity index (χ2n) is 3.55. The summed E-state index contributed by atoms with van der Waals surface area (Å²) in [6.45, 7) is 4.29.